The molecule has 0 fully saturated rings. The number of carbonyl (C=O) groups is 1. The van der Waals surface area contributed by atoms with Crippen molar-refractivity contribution in [3.63, 3.8) is 0 Å². The monoisotopic (exact) mass is 621 g/mol. The summed E-state index contributed by atoms with van der Waals surface area (Å²) in [6.07, 6.45) is 29.4. The quantitative estimate of drug-likeness (QED) is 0.0699. The van der Waals surface area contributed by atoms with Crippen molar-refractivity contribution in [3.05, 3.63) is 0 Å². The highest BCUT2D eigenvalue weighted by Crippen LogP contribution is 2.26. The molecule has 0 saturated heterocycles. The van der Waals surface area contributed by atoms with Crippen molar-refractivity contribution >= 4 is 6.47 Å². The highest BCUT2D eigenvalue weighted by molar-refractivity contribution is 5.37. The fraction of sp³-hybridized carbons (Fsp3) is 0.976. The van der Waals surface area contributed by atoms with Crippen LogP contribution in [0.1, 0.15) is 210 Å². The van der Waals surface area contributed by atoms with Gasteiger partial charge < -0.3 is 4.74 Å². The van der Waals surface area contributed by atoms with E-state index in [4.69, 9.17) is 4.74 Å². The third-order valence-electron chi connectivity index (χ3n) is 10.7. The number of hydrogen-bond donors (Lipinski definition) is 0. The number of ether oxygens (including phenoxy) is 1. The maximum Gasteiger partial charge on any atom is 0.293 e. The molecular formula is C42H84O2. The summed E-state index contributed by atoms with van der Waals surface area (Å²) in [4.78, 5) is 11.2. The van der Waals surface area contributed by atoms with Crippen molar-refractivity contribution < 1.29 is 9.53 Å². The van der Waals surface area contributed by atoms with Crippen LogP contribution >= 0.6 is 0 Å². The lowest BCUT2D eigenvalue weighted by Gasteiger charge is -2.21. The second-order valence-corrected chi connectivity index (χ2v) is 17.0. The molecule has 0 aliphatic rings. The van der Waals surface area contributed by atoms with E-state index in [-0.39, 0.29) is 6.10 Å². The van der Waals surface area contributed by atoms with Crippen LogP contribution in [0.25, 0.3) is 0 Å². The molecule has 6 atom stereocenters. The van der Waals surface area contributed by atoms with E-state index in [1.54, 1.807) is 0 Å². The molecule has 0 saturated carbocycles. The van der Waals surface area contributed by atoms with E-state index < -0.39 is 0 Å². The Morgan fingerprint density at radius 3 is 0.795 bits per heavy atom. The molecule has 0 rings (SSSR count). The number of hydrogen-bond acceptors (Lipinski definition) is 2. The lowest BCUT2D eigenvalue weighted by Crippen LogP contribution is -2.15. The summed E-state index contributed by atoms with van der Waals surface area (Å²) in [5.74, 6) is 6.65. The van der Waals surface area contributed by atoms with E-state index >= 15 is 0 Å². The smallest absolute Gasteiger partial charge is 0.293 e. The Hall–Kier alpha value is -0.530. The summed E-state index contributed by atoms with van der Waals surface area (Å²) < 4.78 is 5.55. The average Bonchev–Trinajstić information content (AvgIpc) is 2.94. The van der Waals surface area contributed by atoms with Crippen molar-refractivity contribution in [1.82, 2.24) is 0 Å². The zero-order chi connectivity index (χ0) is 33.2. The molecule has 0 aromatic heterocycles. The Balaban J connectivity index is 3.97. The summed E-state index contributed by atoms with van der Waals surface area (Å²) in [6.45, 7) is 24.7. The minimum absolute atomic E-state index is 0.111. The van der Waals surface area contributed by atoms with Crippen molar-refractivity contribution in [3.8, 4) is 0 Å². The van der Waals surface area contributed by atoms with Crippen molar-refractivity contribution in [2.45, 2.75) is 217 Å². The molecule has 264 valence electrons. The van der Waals surface area contributed by atoms with Gasteiger partial charge in [-0.1, -0.05) is 185 Å². The van der Waals surface area contributed by atoms with Crippen molar-refractivity contribution in [2.24, 2.45) is 47.3 Å². The standard InChI is InChI=1S/C42H84O2/c1-34(2)17-11-19-36(5)21-13-23-38(7)25-15-27-40(9)29-31-42(44-33-43)32-30-41(10)28-16-26-39(8)24-14-22-37(6)20-12-18-35(3)4/h33-42H,11-32H2,1-10H3. The van der Waals surface area contributed by atoms with Gasteiger partial charge in [0.15, 0.2) is 0 Å². The first-order valence-corrected chi connectivity index (χ1v) is 20.0. The fourth-order valence-electron chi connectivity index (χ4n) is 7.17. The van der Waals surface area contributed by atoms with Gasteiger partial charge in [0.2, 0.25) is 0 Å². The molecule has 44 heavy (non-hydrogen) atoms. The van der Waals surface area contributed by atoms with Gasteiger partial charge in [-0.05, 0) is 73.0 Å². The molecular weight excluding hydrogens is 536 g/mol. The van der Waals surface area contributed by atoms with Gasteiger partial charge in [0.1, 0.15) is 6.10 Å². The maximum atomic E-state index is 11.2. The Bertz CT molecular complexity index is 565. The molecule has 6 unspecified atom stereocenters. The fourth-order valence-corrected chi connectivity index (χ4v) is 7.17. The number of carbonyl (C=O) groups excluding carboxylic acids is 1. The van der Waals surface area contributed by atoms with Gasteiger partial charge in [0.25, 0.3) is 6.47 Å². The van der Waals surface area contributed by atoms with Crippen LogP contribution in [0.5, 0.6) is 0 Å². The molecule has 0 amide bonds. The van der Waals surface area contributed by atoms with E-state index in [9.17, 15) is 4.79 Å². The minimum Gasteiger partial charge on any atom is -0.465 e. The molecule has 2 heteroatoms. The predicted molar refractivity (Wildman–Crippen MR) is 197 cm³/mol. The highest BCUT2D eigenvalue weighted by Gasteiger charge is 2.15. The summed E-state index contributed by atoms with van der Waals surface area (Å²) in [5, 5.41) is 0. The SMILES string of the molecule is CC(C)CCCC(C)CCCC(C)CCCC(C)CCC(CCC(C)CCCC(C)CCCC(C)CCCC(C)C)OC=O. The van der Waals surface area contributed by atoms with Gasteiger partial charge in [-0.15, -0.1) is 0 Å². The van der Waals surface area contributed by atoms with Crippen LogP contribution < -0.4 is 0 Å². The van der Waals surface area contributed by atoms with Gasteiger partial charge in [0, 0.05) is 0 Å². The van der Waals surface area contributed by atoms with Crippen LogP contribution in [0, 0.1) is 47.3 Å². The van der Waals surface area contributed by atoms with Crippen LogP contribution in [-0.4, -0.2) is 12.6 Å². The second-order valence-electron chi connectivity index (χ2n) is 17.0. The normalized spacial score (nSPS) is 16.9. The Morgan fingerprint density at radius 1 is 0.341 bits per heavy atom. The Morgan fingerprint density at radius 2 is 0.568 bits per heavy atom. The zero-order valence-electron chi connectivity index (χ0n) is 32.1. The van der Waals surface area contributed by atoms with Crippen LogP contribution in [-0.2, 0) is 9.53 Å². The van der Waals surface area contributed by atoms with Crippen LogP contribution in [0.2, 0.25) is 0 Å². The molecule has 0 radical (unpaired) electrons. The van der Waals surface area contributed by atoms with Gasteiger partial charge in [-0.25, -0.2) is 0 Å². The van der Waals surface area contributed by atoms with Crippen LogP contribution in [0.15, 0.2) is 0 Å². The lowest BCUT2D eigenvalue weighted by molar-refractivity contribution is -0.134. The minimum atomic E-state index is 0.111. The predicted octanol–water partition coefficient (Wildman–Crippen LogP) is 14.2. The molecule has 0 spiro atoms. The third kappa shape index (κ3) is 28.9. The van der Waals surface area contributed by atoms with Crippen molar-refractivity contribution in [2.75, 3.05) is 0 Å². The zero-order valence-corrected chi connectivity index (χ0v) is 32.1. The average molecular weight is 621 g/mol. The van der Waals surface area contributed by atoms with Crippen molar-refractivity contribution in [1.29, 1.82) is 0 Å². The first kappa shape index (κ1) is 43.5. The first-order chi connectivity index (χ1) is 20.9. The summed E-state index contributed by atoms with van der Waals surface area (Å²) in [6, 6.07) is 0. The molecule has 0 heterocycles. The summed E-state index contributed by atoms with van der Waals surface area (Å²) >= 11 is 0. The van der Waals surface area contributed by atoms with E-state index in [2.05, 4.69) is 69.2 Å². The van der Waals surface area contributed by atoms with Gasteiger partial charge in [0.05, 0.1) is 0 Å². The molecule has 0 bridgehead atoms. The maximum absolute atomic E-state index is 11.2. The third-order valence-corrected chi connectivity index (χ3v) is 10.7. The molecule has 0 N–H and O–H groups in total. The largest absolute Gasteiger partial charge is 0.465 e. The van der Waals surface area contributed by atoms with Gasteiger partial charge in [-0.2, -0.15) is 0 Å². The number of rotatable bonds is 32. The summed E-state index contributed by atoms with van der Waals surface area (Å²) in [7, 11) is 0. The summed E-state index contributed by atoms with van der Waals surface area (Å²) in [5.41, 5.74) is 0. The topological polar surface area (TPSA) is 26.3 Å². The Kier molecular flexibility index (Phi) is 28.3. The van der Waals surface area contributed by atoms with E-state index in [1.165, 1.54) is 128 Å². The molecule has 2 nitrogen and oxygen atoms in total. The Labute approximate surface area is 279 Å². The molecule has 0 aliphatic carbocycles. The molecule has 0 aromatic rings. The van der Waals surface area contributed by atoms with E-state index in [1.807, 2.05) is 0 Å². The van der Waals surface area contributed by atoms with Crippen LogP contribution in [0.4, 0.5) is 0 Å². The molecule has 0 aliphatic heterocycles. The van der Waals surface area contributed by atoms with E-state index in [0.29, 0.717) is 6.47 Å². The van der Waals surface area contributed by atoms with Crippen LogP contribution in [0.3, 0.4) is 0 Å². The van der Waals surface area contributed by atoms with Gasteiger partial charge in [-0.3, -0.25) is 4.79 Å². The van der Waals surface area contributed by atoms with Gasteiger partial charge >= 0.3 is 0 Å². The first-order valence-electron chi connectivity index (χ1n) is 20.0. The second kappa shape index (κ2) is 28.7. The highest BCUT2D eigenvalue weighted by atomic mass is 16.5. The lowest BCUT2D eigenvalue weighted by atomic mass is 9.89. The van der Waals surface area contributed by atoms with E-state index in [0.717, 1.165) is 60.2 Å². The molecule has 0 aromatic carbocycles.